The largest absolute Gasteiger partial charge is 0.388 e. The van der Waals surface area contributed by atoms with Crippen molar-refractivity contribution < 1.29 is 0 Å². The molecule has 2 fully saturated rings. The zero-order valence-corrected chi connectivity index (χ0v) is 15.1. The van der Waals surface area contributed by atoms with Crippen molar-refractivity contribution >= 4 is 5.69 Å². The Morgan fingerprint density at radius 1 is 1.09 bits per heavy atom. The van der Waals surface area contributed by atoms with Crippen molar-refractivity contribution in [2.75, 3.05) is 39.0 Å². The molecule has 0 aromatic heterocycles. The topological polar surface area (TPSA) is 27.3 Å². The zero-order valence-electron chi connectivity index (χ0n) is 15.1. The normalized spacial score (nSPS) is 22.4. The average molecular weight is 316 g/mol. The van der Waals surface area contributed by atoms with Gasteiger partial charge in [0.15, 0.2) is 0 Å². The highest BCUT2D eigenvalue weighted by molar-refractivity contribution is 5.43. The van der Waals surface area contributed by atoms with Gasteiger partial charge in [-0.3, -0.25) is 4.90 Å². The van der Waals surface area contributed by atoms with Gasteiger partial charge in [0.05, 0.1) is 0 Å². The number of nitrogens with zero attached hydrogens (tertiary/aromatic N) is 1. The molecule has 2 N–H and O–H groups in total. The minimum Gasteiger partial charge on any atom is -0.388 e. The Bertz CT molecular complexity index is 472. The summed E-state index contributed by atoms with van der Waals surface area (Å²) < 4.78 is 0. The van der Waals surface area contributed by atoms with Crippen LogP contribution < -0.4 is 10.6 Å². The van der Waals surface area contributed by atoms with Gasteiger partial charge in [-0.15, -0.1) is 0 Å². The van der Waals surface area contributed by atoms with E-state index in [-0.39, 0.29) is 0 Å². The van der Waals surface area contributed by atoms with Gasteiger partial charge in [0.2, 0.25) is 0 Å². The monoisotopic (exact) mass is 315 g/mol. The van der Waals surface area contributed by atoms with Crippen molar-refractivity contribution in [2.45, 2.75) is 39.2 Å². The van der Waals surface area contributed by atoms with Gasteiger partial charge in [0.25, 0.3) is 0 Å². The molecular weight excluding hydrogens is 282 g/mol. The molecular formula is C20H33N3. The molecule has 1 aromatic rings. The molecule has 3 rings (SSSR count). The molecule has 3 heteroatoms. The van der Waals surface area contributed by atoms with E-state index in [1.807, 2.05) is 14.1 Å². The predicted octanol–water partition coefficient (Wildman–Crippen LogP) is 3.89. The molecule has 1 saturated carbocycles. The molecule has 1 saturated heterocycles. The van der Waals surface area contributed by atoms with Gasteiger partial charge >= 0.3 is 0 Å². The van der Waals surface area contributed by atoms with E-state index >= 15 is 0 Å². The summed E-state index contributed by atoms with van der Waals surface area (Å²) in [4.78, 5) is 2.55. The summed E-state index contributed by atoms with van der Waals surface area (Å²) in [7, 11) is 3.96. The zero-order chi connectivity index (χ0) is 16.5. The molecule has 0 spiro atoms. The van der Waals surface area contributed by atoms with Crippen molar-refractivity contribution in [3.63, 3.8) is 0 Å². The van der Waals surface area contributed by atoms with Crippen molar-refractivity contribution in [3.8, 4) is 0 Å². The lowest BCUT2D eigenvalue weighted by molar-refractivity contribution is 0.221. The van der Waals surface area contributed by atoms with Crippen LogP contribution in [0.4, 0.5) is 5.69 Å². The molecule has 1 aromatic carbocycles. The second-order valence-corrected chi connectivity index (χ2v) is 6.61. The molecule has 1 heterocycles. The summed E-state index contributed by atoms with van der Waals surface area (Å²) >= 11 is 0. The summed E-state index contributed by atoms with van der Waals surface area (Å²) in [6.45, 7) is 6.94. The van der Waals surface area contributed by atoms with Crippen LogP contribution in [0.3, 0.4) is 0 Å². The van der Waals surface area contributed by atoms with Crippen LogP contribution in [0.25, 0.3) is 0 Å². The molecule has 1 atom stereocenters. The first-order chi connectivity index (χ1) is 11.3. The van der Waals surface area contributed by atoms with Crippen molar-refractivity contribution in [3.05, 3.63) is 41.5 Å². The molecule has 0 bridgehead atoms. The Kier molecular flexibility index (Phi) is 7.63. The van der Waals surface area contributed by atoms with Gasteiger partial charge in [-0.25, -0.2) is 0 Å². The minimum atomic E-state index is 0.880. The smallest absolute Gasteiger partial charge is 0.0337 e. The fourth-order valence-corrected chi connectivity index (χ4v) is 3.18. The van der Waals surface area contributed by atoms with Crippen LogP contribution in [-0.2, 0) is 6.54 Å². The van der Waals surface area contributed by atoms with Crippen LogP contribution in [0.5, 0.6) is 0 Å². The number of benzene rings is 1. The van der Waals surface area contributed by atoms with Gasteiger partial charge in [-0.2, -0.15) is 0 Å². The second kappa shape index (κ2) is 9.74. The molecule has 128 valence electrons. The fourth-order valence-electron chi connectivity index (χ4n) is 3.18. The van der Waals surface area contributed by atoms with Gasteiger partial charge in [0.1, 0.15) is 0 Å². The van der Waals surface area contributed by atoms with E-state index in [1.54, 1.807) is 5.57 Å². The highest BCUT2D eigenvalue weighted by atomic mass is 15.1. The van der Waals surface area contributed by atoms with Crippen LogP contribution >= 0.6 is 0 Å². The number of allylic oxidation sites excluding steroid dienone is 1. The third kappa shape index (κ3) is 6.36. The number of piperidine rings is 1. The third-order valence-corrected chi connectivity index (χ3v) is 4.77. The fraction of sp³-hybridized carbons (Fsp3) is 0.600. The maximum absolute atomic E-state index is 3.15. The summed E-state index contributed by atoms with van der Waals surface area (Å²) in [5, 5.41) is 6.30. The van der Waals surface area contributed by atoms with Gasteiger partial charge in [-0.05, 0) is 69.9 Å². The van der Waals surface area contributed by atoms with Gasteiger partial charge in [-0.1, -0.05) is 30.2 Å². The highest BCUT2D eigenvalue weighted by Gasteiger charge is 2.26. The Balaban J connectivity index is 0.000000203. The number of nitrogens with one attached hydrogen (secondary N) is 2. The van der Waals surface area contributed by atoms with Crippen LogP contribution in [0.1, 0.15) is 38.2 Å². The van der Waals surface area contributed by atoms with E-state index < -0.39 is 0 Å². The number of anilines is 1. The molecule has 0 amide bonds. The molecule has 0 unspecified atom stereocenters. The van der Waals surface area contributed by atoms with E-state index in [0.717, 1.165) is 12.5 Å². The van der Waals surface area contributed by atoms with E-state index in [9.17, 15) is 0 Å². The first-order valence-electron chi connectivity index (χ1n) is 9.05. The first-order valence-corrected chi connectivity index (χ1v) is 9.05. The van der Waals surface area contributed by atoms with Crippen molar-refractivity contribution in [2.24, 2.45) is 5.92 Å². The maximum atomic E-state index is 3.15. The number of rotatable bonds is 5. The average Bonchev–Trinajstić information content (AvgIpc) is 3.36. The second-order valence-electron chi connectivity index (χ2n) is 6.61. The first kappa shape index (κ1) is 18.0. The van der Waals surface area contributed by atoms with E-state index in [0.29, 0.717) is 0 Å². The van der Waals surface area contributed by atoms with E-state index in [1.165, 1.54) is 56.6 Å². The highest BCUT2D eigenvalue weighted by Crippen LogP contribution is 2.36. The number of likely N-dealkylation sites (tertiary alicyclic amines) is 1. The standard InChI is InChI=1S/C13H20N2.C7H13N/c1-14-13-7-5-12(6-8-13)11-15-9-3-2-4-10-15;1-3-6-4-7(6)5-8-2/h5-8,14H,2-4,9-11H2,1H3;3,7-8H,4-5H2,1-2H3/b;6-3-/t;7-/m.0/s1. The molecule has 1 aliphatic heterocycles. The summed E-state index contributed by atoms with van der Waals surface area (Å²) in [5.41, 5.74) is 4.24. The van der Waals surface area contributed by atoms with Crippen LogP contribution in [0.2, 0.25) is 0 Å². The molecule has 1 aliphatic carbocycles. The Hall–Kier alpha value is -1.32. The van der Waals surface area contributed by atoms with E-state index in [2.05, 4.69) is 52.8 Å². The number of hydrogen-bond acceptors (Lipinski definition) is 3. The lowest BCUT2D eigenvalue weighted by atomic mass is 10.1. The molecule has 23 heavy (non-hydrogen) atoms. The summed E-state index contributed by atoms with van der Waals surface area (Å²) in [6.07, 6.45) is 7.71. The molecule has 2 aliphatic rings. The van der Waals surface area contributed by atoms with Crippen LogP contribution in [0.15, 0.2) is 35.9 Å². The predicted molar refractivity (Wildman–Crippen MR) is 101 cm³/mol. The molecule has 0 radical (unpaired) electrons. The third-order valence-electron chi connectivity index (χ3n) is 4.77. The van der Waals surface area contributed by atoms with Crippen molar-refractivity contribution in [1.82, 2.24) is 10.2 Å². The summed E-state index contributed by atoms with van der Waals surface area (Å²) in [6, 6.07) is 8.75. The Labute approximate surface area is 142 Å². The SMILES string of the molecule is C/C=C1/C[C@H]1CNC.CNc1ccc(CN2CCCCC2)cc1. The van der Waals surface area contributed by atoms with Crippen LogP contribution in [0, 0.1) is 5.92 Å². The number of hydrogen-bond donors (Lipinski definition) is 2. The van der Waals surface area contributed by atoms with Gasteiger partial charge < -0.3 is 10.6 Å². The summed E-state index contributed by atoms with van der Waals surface area (Å²) in [5.74, 6) is 0.880. The lowest BCUT2D eigenvalue weighted by Crippen LogP contribution is -2.29. The quantitative estimate of drug-likeness (QED) is 0.807. The lowest BCUT2D eigenvalue weighted by Gasteiger charge is -2.26. The Morgan fingerprint density at radius 3 is 2.30 bits per heavy atom. The maximum Gasteiger partial charge on any atom is 0.0337 e. The Morgan fingerprint density at radius 2 is 1.78 bits per heavy atom. The van der Waals surface area contributed by atoms with E-state index in [4.69, 9.17) is 0 Å². The van der Waals surface area contributed by atoms with Gasteiger partial charge in [0, 0.05) is 25.8 Å². The van der Waals surface area contributed by atoms with Crippen LogP contribution in [-0.4, -0.2) is 38.6 Å². The molecule has 3 nitrogen and oxygen atoms in total. The minimum absolute atomic E-state index is 0.880. The van der Waals surface area contributed by atoms with Crippen molar-refractivity contribution in [1.29, 1.82) is 0 Å².